The molecule has 0 aliphatic carbocycles. The van der Waals surface area contributed by atoms with Crippen LogP contribution in [0.3, 0.4) is 0 Å². The van der Waals surface area contributed by atoms with Crippen LogP contribution < -0.4 is 10.1 Å². The second-order valence-corrected chi connectivity index (χ2v) is 5.97. The average Bonchev–Trinajstić information content (AvgIpc) is 2.67. The Bertz CT molecular complexity index is 884. The molecule has 28 heavy (non-hydrogen) atoms. The Hall–Kier alpha value is -3.49. The van der Waals surface area contributed by atoms with Crippen molar-refractivity contribution in [2.75, 3.05) is 7.11 Å². The molecule has 0 heterocycles. The van der Waals surface area contributed by atoms with Gasteiger partial charge < -0.3 is 14.8 Å². The van der Waals surface area contributed by atoms with Gasteiger partial charge in [0.15, 0.2) is 11.9 Å². The molecule has 0 fully saturated rings. The van der Waals surface area contributed by atoms with Gasteiger partial charge in [0, 0.05) is 6.07 Å². The molecule has 2 aromatic carbocycles. The molecule has 0 aliphatic rings. The summed E-state index contributed by atoms with van der Waals surface area (Å²) in [5.74, 6) is -1.84. The van der Waals surface area contributed by atoms with Gasteiger partial charge in [-0.3, -0.25) is 14.9 Å². The van der Waals surface area contributed by atoms with Gasteiger partial charge in [-0.1, -0.05) is 12.1 Å². The summed E-state index contributed by atoms with van der Waals surface area (Å²) in [6.07, 6.45) is -1.14. The third-order valence-electron chi connectivity index (χ3n) is 3.99. The zero-order valence-electron chi connectivity index (χ0n) is 15.5. The number of carbonyl (C=O) groups is 2. The second kappa shape index (κ2) is 8.94. The Morgan fingerprint density at radius 2 is 1.79 bits per heavy atom. The van der Waals surface area contributed by atoms with Gasteiger partial charge in [-0.2, -0.15) is 0 Å². The van der Waals surface area contributed by atoms with Crippen LogP contribution in [0, 0.1) is 15.9 Å². The molecule has 0 spiro atoms. The van der Waals surface area contributed by atoms with Gasteiger partial charge in [0.1, 0.15) is 5.82 Å². The molecule has 0 saturated carbocycles. The van der Waals surface area contributed by atoms with E-state index in [0.717, 1.165) is 6.07 Å². The van der Waals surface area contributed by atoms with Crippen LogP contribution in [0.15, 0.2) is 42.5 Å². The maximum atomic E-state index is 13.0. The lowest BCUT2D eigenvalue weighted by Crippen LogP contribution is -2.37. The number of nitro benzene ring substituents is 1. The number of benzene rings is 2. The Labute approximate surface area is 160 Å². The second-order valence-electron chi connectivity index (χ2n) is 5.97. The number of rotatable bonds is 7. The molecule has 2 rings (SSSR count). The minimum absolute atomic E-state index is 0.000430. The van der Waals surface area contributed by atoms with E-state index >= 15 is 0 Å². The van der Waals surface area contributed by atoms with Crippen molar-refractivity contribution in [3.05, 3.63) is 69.5 Å². The number of nitrogens with one attached hydrogen (secondary N) is 1. The highest BCUT2D eigenvalue weighted by atomic mass is 19.1. The van der Waals surface area contributed by atoms with E-state index in [9.17, 15) is 24.1 Å². The number of nitrogens with zero attached hydrogens (tertiary/aromatic N) is 1. The summed E-state index contributed by atoms with van der Waals surface area (Å²) in [5.41, 5.74) is 0.205. The van der Waals surface area contributed by atoms with Crippen molar-refractivity contribution in [3.63, 3.8) is 0 Å². The zero-order chi connectivity index (χ0) is 20.8. The lowest BCUT2D eigenvalue weighted by molar-refractivity contribution is -0.385. The summed E-state index contributed by atoms with van der Waals surface area (Å²) in [7, 11) is 1.27. The van der Waals surface area contributed by atoms with E-state index in [1.165, 1.54) is 50.4 Å². The number of nitro groups is 1. The molecule has 0 unspecified atom stereocenters. The summed E-state index contributed by atoms with van der Waals surface area (Å²) in [4.78, 5) is 34.8. The molecule has 148 valence electrons. The first-order chi connectivity index (χ1) is 13.2. The molecule has 0 saturated heterocycles. The van der Waals surface area contributed by atoms with Crippen LogP contribution in [0.25, 0.3) is 0 Å². The predicted molar refractivity (Wildman–Crippen MR) is 97.5 cm³/mol. The fraction of sp³-hybridized carbons (Fsp3) is 0.263. The molecule has 0 aromatic heterocycles. The van der Waals surface area contributed by atoms with Gasteiger partial charge >= 0.3 is 11.7 Å². The Morgan fingerprint density at radius 1 is 1.14 bits per heavy atom. The number of hydrogen-bond acceptors (Lipinski definition) is 6. The molecule has 1 amide bonds. The number of ether oxygens (including phenoxy) is 2. The van der Waals surface area contributed by atoms with Gasteiger partial charge in [0.2, 0.25) is 0 Å². The van der Waals surface area contributed by atoms with Gasteiger partial charge in [-0.15, -0.1) is 0 Å². The van der Waals surface area contributed by atoms with Crippen molar-refractivity contribution in [2.45, 2.75) is 26.0 Å². The largest absolute Gasteiger partial charge is 0.490 e. The van der Waals surface area contributed by atoms with E-state index in [2.05, 4.69) is 5.32 Å². The van der Waals surface area contributed by atoms with Crippen LogP contribution in [-0.4, -0.2) is 30.0 Å². The van der Waals surface area contributed by atoms with Gasteiger partial charge in [-0.05, 0) is 43.7 Å². The topological polar surface area (TPSA) is 108 Å². The van der Waals surface area contributed by atoms with Gasteiger partial charge in [0.25, 0.3) is 5.91 Å². The molecule has 8 nitrogen and oxygen atoms in total. The molecule has 0 aliphatic heterocycles. The van der Waals surface area contributed by atoms with E-state index in [-0.39, 0.29) is 17.0 Å². The van der Waals surface area contributed by atoms with Crippen LogP contribution in [-0.2, 0) is 9.53 Å². The third kappa shape index (κ3) is 5.03. The van der Waals surface area contributed by atoms with Crippen LogP contribution in [0.1, 0.15) is 35.8 Å². The first-order valence-electron chi connectivity index (χ1n) is 8.32. The highest BCUT2D eigenvalue weighted by molar-refractivity contribution is 5.93. The summed E-state index contributed by atoms with van der Waals surface area (Å²) < 4.78 is 22.9. The van der Waals surface area contributed by atoms with Gasteiger partial charge in [0.05, 0.1) is 23.6 Å². The summed E-state index contributed by atoms with van der Waals surface area (Å²) in [6, 6.07) is 8.79. The molecule has 2 atom stereocenters. The van der Waals surface area contributed by atoms with E-state index in [0.29, 0.717) is 5.56 Å². The normalized spacial score (nSPS) is 12.6. The number of methoxy groups -OCH3 is 1. The average molecular weight is 390 g/mol. The van der Waals surface area contributed by atoms with Crippen molar-refractivity contribution in [3.8, 4) is 5.75 Å². The van der Waals surface area contributed by atoms with Crippen molar-refractivity contribution >= 4 is 17.6 Å². The monoisotopic (exact) mass is 390 g/mol. The third-order valence-corrected chi connectivity index (χ3v) is 3.99. The van der Waals surface area contributed by atoms with E-state index < -0.39 is 34.8 Å². The van der Waals surface area contributed by atoms with Gasteiger partial charge in [-0.25, -0.2) is 9.18 Å². The fourth-order valence-electron chi connectivity index (χ4n) is 2.41. The predicted octanol–water partition coefficient (Wildman–Crippen LogP) is 3.17. The quantitative estimate of drug-likeness (QED) is 0.442. The lowest BCUT2D eigenvalue weighted by atomic mass is 10.1. The van der Waals surface area contributed by atoms with Crippen molar-refractivity contribution in [2.24, 2.45) is 0 Å². The highest BCUT2D eigenvalue weighted by Crippen LogP contribution is 2.28. The standard InChI is InChI=1S/C19H19FN2O6/c1-11(13-4-7-15(20)8-5-13)21-18(23)12(2)28-19(24)14-6-9-17(27-3)16(10-14)22(25)26/h4-12H,1-3H3,(H,21,23)/t11-,12+/m0/s1. The minimum Gasteiger partial charge on any atom is -0.490 e. The Kier molecular flexibility index (Phi) is 6.64. The maximum absolute atomic E-state index is 13.0. The lowest BCUT2D eigenvalue weighted by Gasteiger charge is -2.18. The molecule has 1 N–H and O–H groups in total. The molecule has 2 aromatic rings. The van der Waals surface area contributed by atoms with E-state index in [1.54, 1.807) is 6.92 Å². The fourth-order valence-corrected chi connectivity index (χ4v) is 2.41. The molecule has 9 heteroatoms. The smallest absolute Gasteiger partial charge is 0.339 e. The Balaban J connectivity index is 2.03. The molecular weight excluding hydrogens is 371 g/mol. The minimum atomic E-state index is -1.14. The first-order valence-corrected chi connectivity index (χ1v) is 8.32. The summed E-state index contributed by atoms with van der Waals surface area (Å²) in [5, 5.41) is 13.7. The van der Waals surface area contributed by atoms with E-state index in [4.69, 9.17) is 9.47 Å². The van der Waals surface area contributed by atoms with Crippen LogP contribution in [0.2, 0.25) is 0 Å². The number of carbonyl (C=O) groups excluding carboxylic acids is 2. The number of hydrogen-bond donors (Lipinski definition) is 1. The van der Waals surface area contributed by atoms with Crippen molar-refractivity contribution in [1.82, 2.24) is 5.32 Å². The summed E-state index contributed by atoms with van der Waals surface area (Å²) in [6.45, 7) is 3.08. The van der Waals surface area contributed by atoms with Crippen molar-refractivity contribution in [1.29, 1.82) is 0 Å². The Morgan fingerprint density at radius 3 is 2.36 bits per heavy atom. The first kappa shape index (κ1) is 20.8. The molecule has 0 bridgehead atoms. The van der Waals surface area contributed by atoms with Crippen LogP contribution in [0.5, 0.6) is 5.75 Å². The van der Waals surface area contributed by atoms with Crippen molar-refractivity contribution < 1.29 is 28.4 Å². The SMILES string of the molecule is COc1ccc(C(=O)O[C@H](C)C(=O)N[C@@H](C)c2ccc(F)cc2)cc1[N+](=O)[O-]. The maximum Gasteiger partial charge on any atom is 0.339 e. The molecule has 0 radical (unpaired) electrons. The van der Waals surface area contributed by atoms with E-state index in [1.807, 2.05) is 0 Å². The number of amides is 1. The zero-order valence-corrected chi connectivity index (χ0v) is 15.5. The van der Waals surface area contributed by atoms with Crippen LogP contribution in [0.4, 0.5) is 10.1 Å². The summed E-state index contributed by atoms with van der Waals surface area (Å²) >= 11 is 0. The number of halogens is 1. The molecular formula is C19H19FN2O6. The number of esters is 1. The van der Waals surface area contributed by atoms with Crippen LogP contribution >= 0.6 is 0 Å². The highest BCUT2D eigenvalue weighted by Gasteiger charge is 2.23.